The number of aromatic nitrogens is 6. The molecule has 9 heteroatoms. The Morgan fingerprint density at radius 3 is 2.59 bits per heavy atom. The summed E-state index contributed by atoms with van der Waals surface area (Å²) < 4.78 is 14.7. The highest BCUT2D eigenvalue weighted by Gasteiger charge is 2.24. The van der Waals surface area contributed by atoms with Crippen LogP contribution in [0.4, 0.5) is 10.3 Å². The molecule has 0 radical (unpaired) electrons. The Balaban J connectivity index is 1.58. The van der Waals surface area contributed by atoms with E-state index in [1.165, 1.54) is 16.8 Å². The molecule has 0 unspecified atom stereocenters. The third kappa shape index (κ3) is 4.18. The minimum atomic E-state index is -0.372. The Morgan fingerprint density at radius 1 is 1.06 bits per heavy atom. The van der Waals surface area contributed by atoms with Gasteiger partial charge < -0.3 is 10.3 Å². The van der Waals surface area contributed by atoms with Crippen LogP contribution < -0.4 is 5.32 Å². The highest BCUT2D eigenvalue weighted by molar-refractivity contribution is 5.98. The minimum Gasteiger partial charge on any atom is -0.367 e. The molecule has 0 aliphatic rings. The highest BCUT2D eigenvalue weighted by atomic mass is 19.1. The van der Waals surface area contributed by atoms with Crippen molar-refractivity contribution >= 4 is 11.9 Å². The van der Waals surface area contributed by atoms with E-state index >= 15 is 0 Å². The van der Waals surface area contributed by atoms with E-state index in [9.17, 15) is 9.18 Å². The molecule has 0 saturated carbocycles. The molecule has 2 aromatic carbocycles. The van der Waals surface area contributed by atoms with Gasteiger partial charge in [-0.3, -0.25) is 4.79 Å². The molecule has 0 aliphatic carbocycles. The van der Waals surface area contributed by atoms with Gasteiger partial charge in [-0.1, -0.05) is 35.5 Å². The van der Waals surface area contributed by atoms with Crippen molar-refractivity contribution in [2.24, 2.45) is 0 Å². The average molecular weight is 453 g/mol. The molecule has 5 rings (SSSR count). The number of nitrogens with one attached hydrogen (secondary N) is 2. The number of benzene rings is 2. The Kier molecular flexibility index (Phi) is 5.65. The predicted octanol–water partition coefficient (Wildman–Crippen LogP) is 4.73. The Hall–Kier alpha value is -4.66. The number of anilines is 1. The van der Waals surface area contributed by atoms with Crippen molar-refractivity contribution in [3.05, 3.63) is 102 Å². The number of hydrogen-bond donors (Lipinski definition) is 2. The maximum atomic E-state index is 13.5. The van der Waals surface area contributed by atoms with Crippen molar-refractivity contribution in [2.75, 3.05) is 5.32 Å². The Morgan fingerprint density at radius 2 is 1.85 bits per heavy atom. The van der Waals surface area contributed by atoms with Gasteiger partial charge in [-0.25, -0.2) is 14.4 Å². The first-order chi connectivity index (χ1) is 16.6. The van der Waals surface area contributed by atoms with E-state index in [0.29, 0.717) is 34.2 Å². The number of hydrogen-bond acceptors (Lipinski definition) is 6. The molecule has 0 spiro atoms. The van der Waals surface area contributed by atoms with Crippen molar-refractivity contribution in [1.29, 1.82) is 0 Å². The second kappa shape index (κ2) is 9.07. The zero-order chi connectivity index (χ0) is 23.5. The van der Waals surface area contributed by atoms with E-state index < -0.39 is 0 Å². The summed E-state index contributed by atoms with van der Waals surface area (Å²) in [5, 5.41) is 11.6. The van der Waals surface area contributed by atoms with Crippen LogP contribution in [0.1, 0.15) is 28.9 Å². The van der Waals surface area contributed by atoms with Gasteiger partial charge in [-0.05, 0) is 48.9 Å². The molecule has 0 saturated heterocycles. The molecule has 168 valence electrons. The molecule has 8 nitrogen and oxygen atoms in total. The van der Waals surface area contributed by atoms with Gasteiger partial charge >= 0.3 is 0 Å². The summed E-state index contributed by atoms with van der Waals surface area (Å²) in [7, 11) is 0. The first kappa shape index (κ1) is 21.2. The summed E-state index contributed by atoms with van der Waals surface area (Å²) in [6.07, 6.45) is 4.84. The quantitative estimate of drug-likeness (QED) is 0.385. The second-order valence-electron chi connectivity index (χ2n) is 7.65. The van der Waals surface area contributed by atoms with Gasteiger partial charge in [-0.15, -0.1) is 5.10 Å². The standard InChI is InChI=1S/C25H20FN7O/c1-16(17-5-3-2-4-6-17)29-25-28-14-12-21(30-25)23-22(18-7-9-20(26)10-8-18)31-32-33(23)24(34)19-11-13-27-15-19/h2-16,27H,1H3,(H,28,29,30)/t16-/m0/s1. The number of aromatic amines is 1. The van der Waals surface area contributed by atoms with Crippen LogP contribution in [0.5, 0.6) is 0 Å². The summed E-state index contributed by atoms with van der Waals surface area (Å²) in [6.45, 7) is 2.01. The lowest BCUT2D eigenvalue weighted by Crippen LogP contribution is -2.15. The molecule has 0 fully saturated rings. The highest BCUT2D eigenvalue weighted by Crippen LogP contribution is 2.30. The normalized spacial score (nSPS) is 11.8. The van der Waals surface area contributed by atoms with Crippen molar-refractivity contribution in [2.45, 2.75) is 13.0 Å². The number of carbonyl (C=O) groups excluding carboxylic acids is 1. The lowest BCUT2D eigenvalue weighted by molar-refractivity contribution is 0.0945. The Labute approximate surface area is 194 Å². The SMILES string of the molecule is C[C@H](Nc1nccc(-c2c(-c3ccc(F)cc3)nnn2C(=O)c2cc[nH]c2)n1)c1ccccc1. The third-order valence-corrected chi connectivity index (χ3v) is 5.37. The van der Waals surface area contributed by atoms with Crippen LogP contribution in [-0.2, 0) is 0 Å². The van der Waals surface area contributed by atoms with Gasteiger partial charge in [-0.2, -0.15) is 4.68 Å². The number of nitrogens with zero attached hydrogens (tertiary/aromatic N) is 5. The molecule has 1 atom stereocenters. The first-order valence-corrected chi connectivity index (χ1v) is 10.6. The van der Waals surface area contributed by atoms with Crippen LogP contribution in [0.2, 0.25) is 0 Å². The van der Waals surface area contributed by atoms with Gasteiger partial charge in [0.05, 0.1) is 17.3 Å². The number of carbonyl (C=O) groups is 1. The molecule has 3 aromatic heterocycles. The maximum Gasteiger partial charge on any atom is 0.281 e. The minimum absolute atomic E-state index is 0.0439. The maximum absolute atomic E-state index is 13.5. The molecule has 0 bridgehead atoms. The molecular formula is C25H20FN7O. The summed E-state index contributed by atoms with van der Waals surface area (Å²) in [6, 6.07) is 19.1. The molecule has 3 heterocycles. The van der Waals surface area contributed by atoms with E-state index in [1.807, 2.05) is 37.3 Å². The van der Waals surface area contributed by atoms with Crippen molar-refractivity contribution in [3.8, 4) is 22.6 Å². The monoisotopic (exact) mass is 453 g/mol. The van der Waals surface area contributed by atoms with Gasteiger partial charge in [0.1, 0.15) is 17.2 Å². The third-order valence-electron chi connectivity index (χ3n) is 5.37. The molecular weight excluding hydrogens is 433 g/mol. The van der Waals surface area contributed by atoms with E-state index in [-0.39, 0.29) is 17.8 Å². The topological polar surface area (TPSA) is 101 Å². The Bertz CT molecular complexity index is 1410. The van der Waals surface area contributed by atoms with E-state index in [2.05, 4.69) is 30.6 Å². The molecule has 2 N–H and O–H groups in total. The second-order valence-corrected chi connectivity index (χ2v) is 7.65. The van der Waals surface area contributed by atoms with Crippen LogP contribution in [0.3, 0.4) is 0 Å². The number of halogens is 1. The lowest BCUT2D eigenvalue weighted by atomic mass is 10.1. The van der Waals surface area contributed by atoms with Crippen molar-refractivity contribution in [1.82, 2.24) is 29.9 Å². The van der Waals surface area contributed by atoms with E-state index in [0.717, 1.165) is 5.56 Å². The predicted molar refractivity (Wildman–Crippen MR) is 125 cm³/mol. The van der Waals surface area contributed by atoms with Crippen molar-refractivity contribution < 1.29 is 9.18 Å². The van der Waals surface area contributed by atoms with Gasteiger partial charge in [0, 0.05) is 24.2 Å². The largest absolute Gasteiger partial charge is 0.367 e. The zero-order valence-corrected chi connectivity index (χ0v) is 18.2. The smallest absolute Gasteiger partial charge is 0.281 e. The van der Waals surface area contributed by atoms with Crippen LogP contribution in [-0.4, -0.2) is 35.9 Å². The van der Waals surface area contributed by atoms with Crippen LogP contribution in [0.25, 0.3) is 22.6 Å². The lowest BCUT2D eigenvalue weighted by Gasteiger charge is -2.15. The first-order valence-electron chi connectivity index (χ1n) is 10.6. The van der Waals surface area contributed by atoms with Crippen LogP contribution in [0, 0.1) is 5.82 Å². The molecule has 5 aromatic rings. The average Bonchev–Trinajstić information content (AvgIpc) is 3.56. The zero-order valence-electron chi connectivity index (χ0n) is 18.2. The fraction of sp³-hybridized carbons (Fsp3) is 0.0800. The van der Waals surface area contributed by atoms with Gasteiger partial charge in [0.15, 0.2) is 0 Å². The fourth-order valence-electron chi connectivity index (χ4n) is 3.61. The summed E-state index contributed by atoms with van der Waals surface area (Å²) in [4.78, 5) is 25.0. The summed E-state index contributed by atoms with van der Waals surface area (Å²) in [5.41, 5.74) is 3.35. The number of H-pyrrole nitrogens is 1. The fourth-order valence-corrected chi connectivity index (χ4v) is 3.61. The molecule has 0 aliphatic heterocycles. The summed E-state index contributed by atoms with van der Waals surface area (Å²) >= 11 is 0. The van der Waals surface area contributed by atoms with E-state index in [1.54, 1.807) is 42.9 Å². The summed E-state index contributed by atoms with van der Waals surface area (Å²) in [5.74, 6) is -0.354. The van der Waals surface area contributed by atoms with E-state index in [4.69, 9.17) is 0 Å². The van der Waals surface area contributed by atoms with Gasteiger partial charge in [0.2, 0.25) is 5.95 Å². The van der Waals surface area contributed by atoms with Gasteiger partial charge in [0.25, 0.3) is 5.91 Å². The number of rotatable bonds is 6. The van der Waals surface area contributed by atoms with Crippen molar-refractivity contribution in [3.63, 3.8) is 0 Å². The molecule has 34 heavy (non-hydrogen) atoms. The molecule has 0 amide bonds. The van der Waals surface area contributed by atoms with Crippen LogP contribution >= 0.6 is 0 Å². The van der Waals surface area contributed by atoms with Crippen LogP contribution in [0.15, 0.2) is 85.3 Å².